The lowest BCUT2D eigenvalue weighted by Crippen LogP contribution is -1.98. The van der Waals surface area contributed by atoms with E-state index in [2.05, 4.69) is 24.3 Å². The molecule has 1 heterocycles. The number of fused-ring (bicyclic) bond motifs is 1. The van der Waals surface area contributed by atoms with Gasteiger partial charge < -0.3 is 5.73 Å². The van der Waals surface area contributed by atoms with Crippen molar-refractivity contribution in [1.82, 2.24) is 4.98 Å². The number of hydrogen-bond acceptors (Lipinski definition) is 3. The third-order valence-corrected chi connectivity index (χ3v) is 5.55. The Hall–Kier alpha value is -1.19. The number of benzene rings is 1. The second-order valence-electron chi connectivity index (χ2n) is 5.71. The largest absolute Gasteiger partial charge is 0.326 e. The second-order valence-corrected chi connectivity index (χ2v) is 6.83. The second kappa shape index (κ2) is 4.43. The summed E-state index contributed by atoms with van der Waals surface area (Å²) in [5.74, 6) is 1.30. The Morgan fingerprint density at radius 3 is 2.37 bits per heavy atom. The van der Waals surface area contributed by atoms with Crippen LogP contribution < -0.4 is 5.73 Å². The number of rotatable bonds is 3. The molecule has 2 aromatic rings. The van der Waals surface area contributed by atoms with E-state index >= 15 is 0 Å². The highest BCUT2D eigenvalue weighted by Gasteiger charge is 2.32. The third-order valence-electron chi connectivity index (χ3n) is 4.29. The predicted octanol–water partition coefficient (Wildman–Crippen LogP) is 3.36. The first-order valence-electron chi connectivity index (χ1n) is 7.11. The predicted molar refractivity (Wildman–Crippen MR) is 78.6 cm³/mol. The van der Waals surface area contributed by atoms with E-state index in [4.69, 9.17) is 10.7 Å². The van der Waals surface area contributed by atoms with Gasteiger partial charge in [-0.05, 0) is 36.8 Å². The van der Waals surface area contributed by atoms with Crippen molar-refractivity contribution in [3.05, 3.63) is 51.0 Å². The van der Waals surface area contributed by atoms with E-state index < -0.39 is 0 Å². The Morgan fingerprint density at radius 2 is 1.79 bits per heavy atom. The summed E-state index contributed by atoms with van der Waals surface area (Å²) in [5.41, 5.74) is 10.2. The average molecular weight is 270 g/mol. The highest BCUT2D eigenvalue weighted by atomic mass is 32.1. The number of aromatic nitrogens is 1. The van der Waals surface area contributed by atoms with Gasteiger partial charge in [0.25, 0.3) is 0 Å². The number of thiazole rings is 1. The van der Waals surface area contributed by atoms with Crippen molar-refractivity contribution in [3.8, 4) is 0 Å². The molecule has 0 unspecified atom stereocenters. The minimum Gasteiger partial charge on any atom is -0.326 e. The molecule has 1 aromatic heterocycles. The quantitative estimate of drug-likeness (QED) is 0.929. The zero-order valence-electron chi connectivity index (χ0n) is 10.9. The van der Waals surface area contributed by atoms with E-state index in [0.717, 1.165) is 12.8 Å². The van der Waals surface area contributed by atoms with Crippen LogP contribution >= 0.6 is 11.3 Å². The van der Waals surface area contributed by atoms with E-state index in [9.17, 15) is 0 Å². The van der Waals surface area contributed by atoms with Gasteiger partial charge >= 0.3 is 0 Å². The van der Waals surface area contributed by atoms with Crippen LogP contribution in [0.15, 0.2) is 24.3 Å². The molecule has 19 heavy (non-hydrogen) atoms. The minimum absolute atomic E-state index is 0.584. The summed E-state index contributed by atoms with van der Waals surface area (Å²) in [4.78, 5) is 6.27. The van der Waals surface area contributed by atoms with Crippen molar-refractivity contribution >= 4 is 11.3 Å². The van der Waals surface area contributed by atoms with Gasteiger partial charge in [0.15, 0.2) is 0 Å². The van der Waals surface area contributed by atoms with Crippen LogP contribution in [0.25, 0.3) is 0 Å². The van der Waals surface area contributed by atoms with Gasteiger partial charge in [-0.3, -0.25) is 0 Å². The molecule has 1 aromatic carbocycles. The summed E-state index contributed by atoms with van der Waals surface area (Å²) in [7, 11) is 0. The number of nitrogens with two attached hydrogens (primary N) is 1. The van der Waals surface area contributed by atoms with Gasteiger partial charge in [0, 0.05) is 23.3 Å². The molecule has 0 radical (unpaired) electrons. The van der Waals surface area contributed by atoms with Gasteiger partial charge in [-0.2, -0.15) is 0 Å². The highest BCUT2D eigenvalue weighted by molar-refractivity contribution is 7.11. The van der Waals surface area contributed by atoms with E-state index in [1.54, 1.807) is 0 Å². The Bertz CT molecular complexity index is 588. The molecular formula is C16H18N2S. The summed E-state index contributed by atoms with van der Waals surface area (Å²) in [6.45, 7) is 0.656. The zero-order chi connectivity index (χ0) is 12.8. The van der Waals surface area contributed by atoms with Gasteiger partial charge in [0.2, 0.25) is 0 Å². The summed E-state index contributed by atoms with van der Waals surface area (Å²) in [6, 6.07) is 8.80. The smallest absolute Gasteiger partial charge is 0.0969 e. The van der Waals surface area contributed by atoms with Crippen LogP contribution in [0.5, 0.6) is 0 Å². The SMILES string of the molecule is NCc1sc(C2Cc3ccccc3C2)nc1C1CC1. The zero-order valence-corrected chi connectivity index (χ0v) is 11.7. The summed E-state index contributed by atoms with van der Waals surface area (Å²) < 4.78 is 0. The highest BCUT2D eigenvalue weighted by Crippen LogP contribution is 2.45. The molecule has 2 aliphatic carbocycles. The van der Waals surface area contributed by atoms with E-state index in [1.165, 1.54) is 39.5 Å². The molecule has 98 valence electrons. The summed E-state index contributed by atoms with van der Waals surface area (Å²) in [6.07, 6.45) is 4.91. The lowest BCUT2D eigenvalue weighted by Gasteiger charge is -2.03. The van der Waals surface area contributed by atoms with Gasteiger partial charge in [-0.15, -0.1) is 11.3 Å². The maximum Gasteiger partial charge on any atom is 0.0969 e. The summed E-state index contributed by atoms with van der Waals surface area (Å²) >= 11 is 1.86. The molecule has 2 N–H and O–H groups in total. The van der Waals surface area contributed by atoms with Crippen LogP contribution in [0.1, 0.15) is 51.4 Å². The van der Waals surface area contributed by atoms with Crippen molar-refractivity contribution in [2.24, 2.45) is 5.73 Å². The van der Waals surface area contributed by atoms with E-state index in [1.807, 2.05) is 11.3 Å². The average Bonchev–Trinajstić information content (AvgIpc) is 3.05. The fraction of sp³-hybridized carbons (Fsp3) is 0.438. The normalized spacial score (nSPS) is 18.8. The van der Waals surface area contributed by atoms with Crippen LogP contribution in [0.4, 0.5) is 0 Å². The topological polar surface area (TPSA) is 38.9 Å². The lowest BCUT2D eigenvalue weighted by atomic mass is 10.1. The van der Waals surface area contributed by atoms with Crippen molar-refractivity contribution < 1.29 is 0 Å². The minimum atomic E-state index is 0.584. The van der Waals surface area contributed by atoms with Crippen LogP contribution in [0.3, 0.4) is 0 Å². The van der Waals surface area contributed by atoms with E-state index in [0.29, 0.717) is 18.4 Å². The fourth-order valence-corrected chi connectivity index (χ4v) is 4.24. The van der Waals surface area contributed by atoms with Gasteiger partial charge in [-0.1, -0.05) is 24.3 Å². The molecule has 0 bridgehead atoms. The molecule has 1 fully saturated rings. The molecule has 0 amide bonds. The maximum atomic E-state index is 5.88. The monoisotopic (exact) mass is 270 g/mol. The first kappa shape index (κ1) is 11.6. The molecule has 0 aliphatic heterocycles. The summed E-state index contributed by atoms with van der Waals surface area (Å²) in [5, 5.41) is 1.32. The van der Waals surface area contributed by atoms with Crippen molar-refractivity contribution in [3.63, 3.8) is 0 Å². The van der Waals surface area contributed by atoms with Crippen LogP contribution in [0, 0.1) is 0 Å². The van der Waals surface area contributed by atoms with Gasteiger partial charge in [0.05, 0.1) is 10.7 Å². The van der Waals surface area contributed by atoms with Gasteiger partial charge in [-0.25, -0.2) is 4.98 Å². The van der Waals surface area contributed by atoms with Crippen LogP contribution in [-0.4, -0.2) is 4.98 Å². The van der Waals surface area contributed by atoms with Crippen molar-refractivity contribution in [1.29, 1.82) is 0 Å². The van der Waals surface area contributed by atoms with Crippen LogP contribution in [0.2, 0.25) is 0 Å². The molecular weight excluding hydrogens is 252 g/mol. The molecule has 3 heteroatoms. The Kier molecular flexibility index (Phi) is 2.71. The first-order valence-corrected chi connectivity index (χ1v) is 7.93. The molecule has 0 spiro atoms. The molecule has 0 atom stereocenters. The van der Waals surface area contributed by atoms with Crippen LogP contribution in [-0.2, 0) is 19.4 Å². The molecule has 1 saturated carbocycles. The third kappa shape index (κ3) is 2.01. The first-order chi connectivity index (χ1) is 9.35. The Morgan fingerprint density at radius 1 is 1.11 bits per heavy atom. The van der Waals surface area contributed by atoms with Crippen molar-refractivity contribution in [2.45, 2.75) is 44.1 Å². The maximum absolute atomic E-state index is 5.88. The van der Waals surface area contributed by atoms with E-state index in [-0.39, 0.29) is 0 Å². The van der Waals surface area contributed by atoms with Crippen molar-refractivity contribution in [2.75, 3.05) is 0 Å². The molecule has 2 nitrogen and oxygen atoms in total. The number of hydrogen-bond donors (Lipinski definition) is 1. The fourth-order valence-electron chi connectivity index (χ4n) is 3.11. The molecule has 4 rings (SSSR count). The number of nitrogens with zero attached hydrogens (tertiary/aromatic N) is 1. The standard InChI is InChI=1S/C16H18N2S/c17-9-14-15(10-5-6-10)18-16(19-14)13-7-11-3-1-2-4-12(11)8-13/h1-4,10,13H,5-9,17H2. The molecule has 0 saturated heterocycles. The molecule has 2 aliphatic rings. The Labute approximate surface area is 117 Å². The lowest BCUT2D eigenvalue weighted by molar-refractivity contribution is 0.728. The Balaban J connectivity index is 1.64. The van der Waals surface area contributed by atoms with Gasteiger partial charge in [0.1, 0.15) is 0 Å².